The van der Waals surface area contributed by atoms with Crippen molar-refractivity contribution >= 4 is 44.1 Å². The number of halogens is 1. The number of nitrogens with one attached hydrogen (secondary N) is 3. The van der Waals surface area contributed by atoms with Crippen LogP contribution in [0.2, 0.25) is 0 Å². The number of amides is 1. The monoisotopic (exact) mass is 596 g/mol. The molecule has 1 atom stereocenters. The Kier molecular flexibility index (Phi) is 9.54. The molecular weight excluding hydrogens is 559 g/mol. The number of pyridine rings is 1. The third-order valence-corrected chi connectivity index (χ3v) is 8.16. The number of fused-ring (bicyclic) bond motifs is 1. The Labute approximate surface area is 245 Å². The topological polar surface area (TPSA) is 136 Å². The van der Waals surface area contributed by atoms with Crippen molar-refractivity contribution in [1.29, 1.82) is 0 Å². The Bertz CT molecular complexity index is 1690. The van der Waals surface area contributed by atoms with E-state index in [1.54, 1.807) is 18.6 Å². The van der Waals surface area contributed by atoms with E-state index >= 15 is 0 Å². The maximum atomic E-state index is 14.9. The van der Waals surface area contributed by atoms with E-state index in [2.05, 4.69) is 40.4 Å². The third-order valence-electron chi connectivity index (χ3n) is 7.05. The van der Waals surface area contributed by atoms with Gasteiger partial charge < -0.3 is 20.5 Å². The summed E-state index contributed by atoms with van der Waals surface area (Å²) in [5.74, 6) is -0.522. The van der Waals surface area contributed by atoms with Crippen LogP contribution in [0, 0.1) is 12.7 Å². The van der Waals surface area contributed by atoms with Crippen LogP contribution in [0.4, 0.5) is 21.8 Å². The third kappa shape index (κ3) is 6.75. The number of anilines is 3. The average Bonchev–Trinajstić information content (AvgIpc) is 3.37. The van der Waals surface area contributed by atoms with Crippen molar-refractivity contribution in [3.63, 3.8) is 0 Å². The number of H-pyrrole nitrogens is 1. The lowest BCUT2D eigenvalue weighted by Gasteiger charge is -2.29. The van der Waals surface area contributed by atoms with Crippen LogP contribution >= 0.6 is 0 Å². The second-order valence-corrected chi connectivity index (χ2v) is 12.4. The van der Waals surface area contributed by atoms with Gasteiger partial charge in [-0.05, 0) is 57.7 Å². The van der Waals surface area contributed by atoms with Gasteiger partial charge in [-0.3, -0.25) is 9.69 Å². The molecule has 3 heterocycles. The molecule has 224 valence electrons. The van der Waals surface area contributed by atoms with Gasteiger partial charge in [-0.1, -0.05) is 19.9 Å². The number of benzene rings is 1. The summed E-state index contributed by atoms with van der Waals surface area (Å²) in [6, 6.07) is 5.60. The highest BCUT2D eigenvalue weighted by molar-refractivity contribution is 7.90. The van der Waals surface area contributed by atoms with E-state index in [9.17, 15) is 17.6 Å². The number of hydrogen-bond donors (Lipinski definition) is 3. The molecule has 0 aliphatic rings. The molecule has 0 aliphatic carbocycles. The summed E-state index contributed by atoms with van der Waals surface area (Å²) in [6.07, 6.45) is 6.61. The molecule has 4 rings (SSSR count). The van der Waals surface area contributed by atoms with Crippen molar-refractivity contribution in [2.45, 2.75) is 38.1 Å². The van der Waals surface area contributed by atoms with Crippen LogP contribution in [0.1, 0.15) is 25.8 Å². The summed E-state index contributed by atoms with van der Waals surface area (Å²) in [4.78, 5) is 33.8. The van der Waals surface area contributed by atoms with Gasteiger partial charge in [-0.15, -0.1) is 0 Å². The van der Waals surface area contributed by atoms with Crippen LogP contribution in [0.5, 0.6) is 0 Å². The highest BCUT2D eigenvalue weighted by Gasteiger charge is 2.25. The molecule has 42 heavy (non-hydrogen) atoms. The number of aromatic amines is 1. The normalized spacial score (nSPS) is 12.7. The molecule has 1 unspecified atom stereocenters. The fraction of sp³-hybridized carbons (Fsp3) is 0.379. The molecule has 0 saturated carbocycles. The van der Waals surface area contributed by atoms with E-state index < -0.39 is 20.5 Å². The van der Waals surface area contributed by atoms with Gasteiger partial charge in [0.05, 0.1) is 22.9 Å². The van der Waals surface area contributed by atoms with Gasteiger partial charge in [0.15, 0.2) is 21.5 Å². The van der Waals surface area contributed by atoms with Crippen LogP contribution < -0.4 is 10.6 Å². The fourth-order valence-corrected chi connectivity index (χ4v) is 5.57. The molecule has 4 aromatic rings. The minimum atomic E-state index is -3.76. The number of carbonyl (C=O) groups is 1. The molecule has 0 radical (unpaired) electrons. The van der Waals surface area contributed by atoms with Crippen molar-refractivity contribution in [3.8, 4) is 11.3 Å². The largest absolute Gasteiger partial charge is 0.357 e. The van der Waals surface area contributed by atoms with E-state index in [0.29, 0.717) is 23.4 Å². The van der Waals surface area contributed by atoms with E-state index in [-0.39, 0.29) is 23.6 Å². The summed E-state index contributed by atoms with van der Waals surface area (Å²) < 4.78 is 38.8. The first kappa shape index (κ1) is 31.0. The SMILES string of the molecule is CCC(C(=O)Nc1nccc2c(-c3nc(Nc4cccc(S(C)(=O)=O)c4F)ncc3C)c[nH]c12)N(CC)CCN(C)C. The van der Waals surface area contributed by atoms with Gasteiger partial charge in [-0.25, -0.2) is 27.8 Å². The molecule has 3 aromatic heterocycles. The minimum Gasteiger partial charge on any atom is -0.357 e. The molecule has 0 fully saturated rings. The molecule has 0 saturated heterocycles. The number of carbonyl (C=O) groups excluding carboxylic acids is 1. The Morgan fingerprint density at radius 1 is 1.14 bits per heavy atom. The van der Waals surface area contributed by atoms with Gasteiger partial charge in [0.25, 0.3) is 0 Å². The van der Waals surface area contributed by atoms with Gasteiger partial charge in [0.2, 0.25) is 11.9 Å². The zero-order chi connectivity index (χ0) is 30.6. The Morgan fingerprint density at radius 3 is 2.57 bits per heavy atom. The number of rotatable bonds is 12. The molecule has 3 N–H and O–H groups in total. The standard InChI is InChI=1S/C29H37FN8O3S/c1-7-22(38(8-2)15-14-37(4)5)28(39)36-27-26-19(12-13-31-27)20(17-32-26)25-18(3)16-33-29(35-25)34-21-10-9-11-23(24(21)30)42(6,40)41/h9-13,16-17,22,32H,7-8,14-15H2,1-6H3,(H,31,36,39)(H,33,34,35). The summed E-state index contributed by atoms with van der Waals surface area (Å²) in [5, 5.41) is 6.60. The lowest BCUT2D eigenvalue weighted by Crippen LogP contribution is -2.46. The quantitative estimate of drug-likeness (QED) is 0.220. The van der Waals surface area contributed by atoms with Crippen LogP contribution in [-0.4, -0.2) is 90.1 Å². The smallest absolute Gasteiger partial charge is 0.242 e. The molecule has 1 amide bonds. The van der Waals surface area contributed by atoms with Gasteiger partial charge in [-0.2, -0.15) is 0 Å². The molecule has 11 nitrogen and oxygen atoms in total. The maximum Gasteiger partial charge on any atom is 0.242 e. The Balaban J connectivity index is 1.64. The second-order valence-electron chi connectivity index (χ2n) is 10.4. The number of likely N-dealkylation sites (N-methyl/N-ethyl adjacent to an activating group) is 2. The zero-order valence-corrected chi connectivity index (χ0v) is 25.5. The Hall–Kier alpha value is -3.94. The van der Waals surface area contributed by atoms with Crippen LogP contribution in [0.25, 0.3) is 22.2 Å². The van der Waals surface area contributed by atoms with Crippen LogP contribution in [0.15, 0.2) is 47.8 Å². The second kappa shape index (κ2) is 12.9. The first-order valence-electron chi connectivity index (χ1n) is 13.7. The van der Waals surface area contributed by atoms with Gasteiger partial charge in [0.1, 0.15) is 4.90 Å². The lowest BCUT2D eigenvalue weighted by molar-refractivity contribution is -0.121. The summed E-state index contributed by atoms with van der Waals surface area (Å²) in [5.41, 5.74) is 2.67. The van der Waals surface area contributed by atoms with Gasteiger partial charge in [0, 0.05) is 48.9 Å². The van der Waals surface area contributed by atoms with E-state index in [4.69, 9.17) is 0 Å². The number of nitrogens with zero attached hydrogens (tertiary/aromatic N) is 5. The van der Waals surface area contributed by atoms with Crippen molar-refractivity contribution in [2.75, 3.05) is 50.6 Å². The predicted octanol–water partition coefficient (Wildman–Crippen LogP) is 4.22. The molecule has 13 heteroatoms. The van der Waals surface area contributed by atoms with Crippen molar-refractivity contribution in [3.05, 3.63) is 54.2 Å². The fourth-order valence-electron chi connectivity index (χ4n) is 4.81. The molecule has 0 aliphatic heterocycles. The molecule has 1 aromatic carbocycles. The number of hydrogen-bond acceptors (Lipinski definition) is 9. The van der Waals surface area contributed by atoms with Crippen molar-refractivity contribution in [2.24, 2.45) is 0 Å². The van der Waals surface area contributed by atoms with Crippen LogP contribution in [0.3, 0.4) is 0 Å². The first-order chi connectivity index (χ1) is 19.9. The predicted molar refractivity (Wildman–Crippen MR) is 163 cm³/mol. The van der Waals surface area contributed by atoms with E-state index in [1.165, 1.54) is 18.2 Å². The summed E-state index contributed by atoms with van der Waals surface area (Å²) in [6.45, 7) is 8.26. The molecule has 0 spiro atoms. The average molecular weight is 597 g/mol. The Morgan fingerprint density at radius 2 is 1.90 bits per heavy atom. The maximum absolute atomic E-state index is 14.9. The highest BCUT2D eigenvalue weighted by atomic mass is 32.2. The first-order valence-corrected chi connectivity index (χ1v) is 15.6. The number of aromatic nitrogens is 4. The van der Waals surface area contributed by atoms with Crippen LogP contribution in [-0.2, 0) is 14.6 Å². The number of sulfone groups is 1. The lowest BCUT2D eigenvalue weighted by atomic mass is 10.1. The van der Waals surface area contributed by atoms with E-state index in [1.807, 2.05) is 40.9 Å². The summed E-state index contributed by atoms with van der Waals surface area (Å²) >= 11 is 0. The van der Waals surface area contributed by atoms with Crippen molar-refractivity contribution in [1.82, 2.24) is 29.7 Å². The van der Waals surface area contributed by atoms with E-state index in [0.717, 1.165) is 42.4 Å². The molecule has 0 bridgehead atoms. The number of aryl methyl sites for hydroxylation is 1. The minimum absolute atomic E-state index is 0.0574. The summed E-state index contributed by atoms with van der Waals surface area (Å²) in [7, 11) is 0.262. The van der Waals surface area contributed by atoms with Gasteiger partial charge >= 0.3 is 0 Å². The zero-order valence-electron chi connectivity index (χ0n) is 24.7. The molecular formula is C29H37FN8O3S. The van der Waals surface area contributed by atoms with Crippen molar-refractivity contribution < 1.29 is 17.6 Å². The highest BCUT2D eigenvalue weighted by Crippen LogP contribution is 2.33.